The second kappa shape index (κ2) is 9.36. The summed E-state index contributed by atoms with van der Waals surface area (Å²) < 4.78 is 0. The zero-order valence-corrected chi connectivity index (χ0v) is 19.0. The first kappa shape index (κ1) is 21.7. The summed E-state index contributed by atoms with van der Waals surface area (Å²) in [6, 6.07) is 31.2. The monoisotopic (exact) mass is 446 g/mol. The minimum Gasteiger partial charge on any atom is -0.355 e. The van der Waals surface area contributed by atoms with Crippen LogP contribution in [0.1, 0.15) is 40.7 Å². The number of anilines is 1. The van der Waals surface area contributed by atoms with Gasteiger partial charge in [0.1, 0.15) is 0 Å². The topological polar surface area (TPSA) is 58.2 Å². The van der Waals surface area contributed by atoms with Crippen LogP contribution in [-0.2, 0) is 4.79 Å². The molecule has 1 aliphatic rings. The second-order valence-corrected chi connectivity index (χ2v) is 8.45. The fraction of sp³-hybridized carbons (Fsp3) is 0.133. The highest BCUT2D eigenvalue weighted by molar-refractivity contribution is 6.10. The molecule has 1 unspecified atom stereocenters. The Balaban J connectivity index is 1.70. The van der Waals surface area contributed by atoms with Crippen LogP contribution in [0.3, 0.4) is 0 Å². The number of nitrogens with one attached hydrogen (secondary N) is 2. The van der Waals surface area contributed by atoms with Gasteiger partial charge in [0.05, 0.1) is 5.92 Å². The molecule has 0 saturated heterocycles. The molecule has 0 aromatic heterocycles. The molecule has 2 N–H and O–H groups in total. The summed E-state index contributed by atoms with van der Waals surface area (Å²) >= 11 is 0. The molecule has 5 rings (SSSR count). The van der Waals surface area contributed by atoms with Crippen LogP contribution in [0.25, 0.3) is 22.3 Å². The maximum atomic E-state index is 13.5. The summed E-state index contributed by atoms with van der Waals surface area (Å²) in [5, 5.41) is 6.20. The Morgan fingerprint density at radius 2 is 1.44 bits per heavy atom. The van der Waals surface area contributed by atoms with E-state index in [0.717, 1.165) is 39.8 Å². The van der Waals surface area contributed by atoms with Gasteiger partial charge in [-0.1, -0.05) is 85.8 Å². The smallest absolute Gasteiger partial charge is 0.255 e. The van der Waals surface area contributed by atoms with Crippen LogP contribution < -0.4 is 10.6 Å². The molecular weight excluding hydrogens is 420 g/mol. The van der Waals surface area contributed by atoms with E-state index in [1.165, 1.54) is 0 Å². The molecule has 4 heteroatoms. The van der Waals surface area contributed by atoms with Crippen LogP contribution in [0.5, 0.6) is 0 Å². The molecule has 0 spiro atoms. The van der Waals surface area contributed by atoms with Crippen LogP contribution in [-0.4, -0.2) is 18.4 Å². The van der Waals surface area contributed by atoms with Crippen molar-refractivity contribution < 1.29 is 9.59 Å². The summed E-state index contributed by atoms with van der Waals surface area (Å²) in [4.78, 5) is 26.5. The fourth-order valence-corrected chi connectivity index (χ4v) is 4.72. The SMILES string of the molecule is CCCNC(=O)C1c2ccccc2-c2c(NC(=O)c3ccccc3)ccc(-c3ccccc3)c21. The van der Waals surface area contributed by atoms with Crippen molar-refractivity contribution in [3.05, 3.63) is 114 Å². The first-order valence-electron chi connectivity index (χ1n) is 11.6. The van der Waals surface area contributed by atoms with Gasteiger partial charge in [0.25, 0.3) is 5.91 Å². The molecule has 4 aromatic carbocycles. The molecule has 0 radical (unpaired) electrons. The molecule has 2 amide bonds. The summed E-state index contributed by atoms with van der Waals surface area (Å²) in [6.45, 7) is 2.67. The van der Waals surface area contributed by atoms with Gasteiger partial charge in [-0.3, -0.25) is 9.59 Å². The van der Waals surface area contributed by atoms with Crippen molar-refractivity contribution in [1.82, 2.24) is 5.32 Å². The quantitative estimate of drug-likeness (QED) is 0.368. The predicted molar refractivity (Wildman–Crippen MR) is 137 cm³/mol. The summed E-state index contributed by atoms with van der Waals surface area (Å²) in [5.74, 6) is -0.634. The summed E-state index contributed by atoms with van der Waals surface area (Å²) in [5.41, 5.74) is 7.14. The van der Waals surface area contributed by atoms with Crippen LogP contribution in [0.4, 0.5) is 5.69 Å². The van der Waals surface area contributed by atoms with E-state index in [0.29, 0.717) is 17.8 Å². The first-order valence-corrected chi connectivity index (χ1v) is 11.6. The highest BCUT2D eigenvalue weighted by Crippen LogP contribution is 2.52. The van der Waals surface area contributed by atoms with Gasteiger partial charge in [-0.05, 0) is 52.4 Å². The molecule has 34 heavy (non-hydrogen) atoms. The predicted octanol–water partition coefficient (Wildman–Crippen LogP) is 6.24. The van der Waals surface area contributed by atoms with Gasteiger partial charge in [-0.25, -0.2) is 0 Å². The van der Waals surface area contributed by atoms with Gasteiger partial charge in [0.2, 0.25) is 5.91 Å². The molecule has 4 aromatic rings. The van der Waals surface area contributed by atoms with E-state index in [9.17, 15) is 9.59 Å². The van der Waals surface area contributed by atoms with Gasteiger partial charge in [-0.2, -0.15) is 0 Å². The Morgan fingerprint density at radius 3 is 2.18 bits per heavy atom. The molecule has 4 nitrogen and oxygen atoms in total. The van der Waals surface area contributed by atoms with E-state index < -0.39 is 5.92 Å². The number of hydrogen-bond donors (Lipinski definition) is 2. The zero-order chi connectivity index (χ0) is 23.5. The number of fused-ring (bicyclic) bond motifs is 3. The van der Waals surface area contributed by atoms with Crippen molar-refractivity contribution >= 4 is 17.5 Å². The normalized spacial score (nSPS) is 13.6. The average molecular weight is 447 g/mol. The molecule has 1 atom stereocenters. The highest BCUT2D eigenvalue weighted by Gasteiger charge is 2.37. The Morgan fingerprint density at radius 1 is 0.765 bits per heavy atom. The zero-order valence-electron chi connectivity index (χ0n) is 19.0. The maximum absolute atomic E-state index is 13.5. The number of benzene rings is 4. The number of hydrogen-bond acceptors (Lipinski definition) is 2. The molecule has 1 aliphatic carbocycles. The van der Waals surface area contributed by atoms with E-state index in [-0.39, 0.29) is 11.8 Å². The van der Waals surface area contributed by atoms with Crippen molar-refractivity contribution in [2.75, 3.05) is 11.9 Å². The second-order valence-electron chi connectivity index (χ2n) is 8.45. The molecular formula is C30H26N2O2. The lowest BCUT2D eigenvalue weighted by atomic mass is 9.88. The van der Waals surface area contributed by atoms with Gasteiger partial charge in [0, 0.05) is 23.4 Å². The van der Waals surface area contributed by atoms with E-state index >= 15 is 0 Å². The molecule has 0 bridgehead atoms. The number of carbonyl (C=O) groups is 2. The average Bonchev–Trinajstić information content (AvgIpc) is 3.24. The lowest BCUT2D eigenvalue weighted by molar-refractivity contribution is -0.121. The summed E-state index contributed by atoms with van der Waals surface area (Å²) in [7, 11) is 0. The minimum atomic E-state index is -0.443. The van der Waals surface area contributed by atoms with E-state index in [1.807, 2.05) is 79.7 Å². The van der Waals surface area contributed by atoms with Gasteiger partial charge >= 0.3 is 0 Å². The Bertz CT molecular complexity index is 1350. The number of carbonyl (C=O) groups excluding carboxylic acids is 2. The van der Waals surface area contributed by atoms with E-state index in [2.05, 4.69) is 22.8 Å². The number of rotatable bonds is 6. The highest BCUT2D eigenvalue weighted by atomic mass is 16.2. The molecule has 0 saturated carbocycles. The largest absolute Gasteiger partial charge is 0.355 e. The van der Waals surface area contributed by atoms with E-state index in [4.69, 9.17) is 0 Å². The number of amides is 2. The molecule has 0 aliphatic heterocycles. The van der Waals surface area contributed by atoms with Crippen molar-refractivity contribution in [2.24, 2.45) is 0 Å². The Hall–Kier alpha value is -4.18. The van der Waals surface area contributed by atoms with Crippen molar-refractivity contribution in [3.63, 3.8) is 0 Å². The van der Waals surface area contributed by atoms with Gasteiger partial charge < -0.3 is 10.6 Å². The molecule has 0 fully saturated rings. The third kappa shape index (κ3) is 3.88. The fourth-order valence-electron chi connectivity index (χ4n) is 4.72. The van der Waals surface area contributed by atoms with Crippen molar-refractivity contribution in [2.45, 2.75) is 19.3 Å². The van der Waals surface area contributed by atoms with Gasteiger partial charge in [0.15, 0.2) is 0 Å². The van der Waals surface area contributed by atoms with Crippen LogP contribution in [0.15, 0.2) is 97.1 Å². The standard InChI is InChI=1S/C30H26N2O2/c1-2-19-31-30(34)28-24-16-10-9-15-23(24)26-25(32-29(33)21-13-7-4-8-14-21)18-17-22(27(26)28)20-11-5-3-6-12-20/h3-18,28H,2,19H2,1H3,(H,31,34)(H,32,33). The lowest BCUT2D eigenvalue weighted by Gasteiger charge is -2.19. The lowest BCUT2D eigenvalue weighted by Crippen LogP contribution is -2.30. The van der Waals surface area contributed by atoms with Gasteiger partial charge in [-0.15, -0.1) is 0 Å². The molecule has 168 valence electrons. The van der Waals surface area contributed by atoms with Crippen LogP contribution in [0, 0.1) is 0 Å². The van der Waals surface area contributed by atoms with Crippen LogP contribution >= 0.6 is 0 Å². The van der Waals surface area contributed by atoms with E-state index in [1.54, 1.807) is 12.1 Å². The first-order chi connectivity index (χ1) is 16.7. The Labute approximate surface area is 199 Å². The van der Waals surface area contributed by atoms with Crippen molar-refractivity contribution in [3.8, 4) is 22.3 Å². The van der Waals surface area contributed by atoms with Crippen molar-refractivity contribution in [1.29, 1.82) is 0 Å². The molecule has 0 heterocycles. The minimum absolute atomic E-state index is 0.0169. The third-order valence-corrected chi connectivity index (χ3v) is 6.26. The van der Waals surface area contributed by atoms with Crippen LogP contribution in [0.2, 0.25) is 0 Å². The summed E-state index contributed by atoms with van der Waals surface area (Å²) in [6.07, 6.45) is 0.867. The third-order valence-electron chi connectivity index (χ3n) is 6.26. The maximum Gasteiger partial charge on any atom is 0.255 e. The Kier molecular flexibility index (Phi) is 5.96.